The van der Waals surface area contributed by atoms with Crippen LogP contribution in [0.5, 0.6) is 5.75 Å². The normalized spacial score (nSPS) is 10.0. The van der Waals surface area contributed by atoms with Gasteiger partial charge in [-0.15, -0.1) is 0 Å². The Morgan fingerprint density at radius 1 is 1.24 bits per heavy atom. The topological polar surface area (TPSA) is 76.4 Å². The van der Waals surface area contributed by atoms with Crippen LogP contribution in [-0.4, -0.2) is 20.1 Å². The molecule has 110 valence electrons. The van der Waals surface area contributed by atoms with E-state index in [2.05, 4.69) is 26.6 Å². The fraction of sp³-hybridized carbons (Fsp3) is 0.133. The third-order valence-electron chi connectivity index (χ3n) is 2.95. The summed E-state index contributed by atoms with van der Waals surface area (Å²) in [5.41, 5.74) is 8.37. The number of benzene rings is 2. The van der Waals surface area contributed by atoms with Crippen molar-refractivity contribution in [1.29, 1.82) is 0 Å². The van der Waals surface area contributed by atoms with Gasteiger partial charge in [0.15, 0.2) is 0 Å². The lowest BCUT2D eigenvalue weighted by Gasteiger charge is -2.13. The Balaban J connectivity index is 2.36. The third-order valence-corrected chi connectivity index (χ3v) is 3.57. The van der Waals surface area contributed by atoms with E-state index in [1.165, 1.54) is 0 Å². The number of halogens is 1. The van der Waals surface area contributed by atoms with E-state index >= 15 is 0 Å². The molecule has 0 saturated heterocycles. The Morgan fingerprint density at radius 3 is 2.62 bits per heavy atom. The fourth-order valence-corrected chi connectivity index (χ4v) is 2.44. The molecule has 0 aliphatic rings. The van der Waals surface area contributed by atoms with Crippen LogP contribution < -0.4 is 21.1 Å². The summed E-state index contributed by atoms with van der Waals surface area (Å²) in [5.74, 6) is 0.560. The second-order valence-corrected chi connectivity index (χ2v) is 5.21. The Bertz CT molecular complexity index is 674. The van der Waals surface area contributed by atoms with E-state index in [9.17, 15) is 4.79 Å². The zero-order valence-corrected chi connectivity index (χ0v) is 13.3. The van der Waals surface area contributed by atoms with Gasteiger partial charge in [0, 0.05) is 18.4 Å². The second kappa shape index (κ2) is 6.49. The van der Waals surface area contributed by atoms with Crippen LogP contribution in [0, 0.1) is 0 Å². The minimum Gasteiger partial charge on any atom is -0.496 e. The number of rotatable bonds is 4. The smallest absolute Gasteiger partial charge is 0.253 e. The molecular formula is C15H16BrN3O2. The van der Waals surface area contributed by atoms with E-state index < -0.39 is 0 Å². The predicted molar refractivity (Wildman–Crippen MR) is 88.2 cm³/mol. The largest absolute Gasteiger partial charge is 0.496 e. The van der Waals surface area contributed by atoms with Crippen LogP contribution in [0.15, 0.2) is 40.9 Å². The maximum atomic E-state index is 11.9. The maximum absolute atomic E-state index is 11.9. The molecule has 0 aromatic heterocycles. The summed E-state index contributed by atoms with van der Waals surface area (Å²) < 4.78 is 6.01. The van der Waals surface area contributed by atoms with E-state index in [4.69, 9.17) is 10.5 Å². The van der Waals surface area contributed by atoms with Gasteiger partial charge < -0.3 is 21.1 Å². The average Bonchev–Trinajstić information content (AvgIpc) is 2.47. The molecule has 21 heavy (non-hydrogen) atoms. The zero-order valence-electron chi connectivity index (χ0n) is 11.7. The SMILES string of the molecule is CNC(=O)c1ccc(N)cc1Nc1ccc(OC)c(Br)c1. The molecule has 0 spiro atoms. The number of nitrogen functional groups attached to an aromatic ring is 1. The van der Waals surface area contributed by atoms with Gasteiger partial charge in [-0.25, -0.2) is 0 Å². The van der Waals surface area contributed by atoms with Gasteiger partial charge in [-0.1, -0.05) is 0 Å². The van der Waals surface area contributed by atoms with Crippen LogP contribution >= 0.6 is 15.9 Å². The van der Waals surface area contributed by atoms with Gasteiger partial charge in [-0.05, 0) is 52.3 Å². The van der Waals surface area contributed by atoms with Gasteiger partial charge in [-0.3, -0.25) is 4.79 Å². The molecule has 0 aliphatic carbocycles. The van der Waals surface area contributed by atoms with Crippen LogP contribution in [0.1, 0.15) is 10.4 Å². The number of ether oxygens (including phenoxy) is 1. The van der Waals surface area contributed by atoms with Crippen molar-refractivity contribution in [3.05, 3.63) is 46.4 Å². The lowest BCUT2D eigenvalue weighted by Crippen LogP contribution is -2.19. The summed E-state index contributed by atoms with van der Waals surface area (Å²) in [6, 6.07) is 10.7. The van der Waals surface area contributed by atoms with Crippen molar-refractivity contribution in [2.75, 3.05) is 25.2 Å². The van der Waals surface area contributed by atoms with Crippen LogP contribution in [0.4, 0.5) is 17.1 Å². The summed E-state index contributed by atoms with van der Waals surface area (Å²) >= 11 is 3.43. The molecule has 0 unspecified atom stereocenters. The van der Waals surface area contributed by atoms with Crippen LogP contribution in [0.25, 0.3) is 0 Å². The minimum absolute atomic E-state index is 0.176. The van der Waals surface area contributed by atoms with Gasteiger partial charge >= 0.3 is 0 Å². The van der Waals surface area contributed by atoms with Crippen molar-refractivity contribution in [2.45, 2.75) is 0 Å². The standard InChI is InChI=1S/C15H16BrN3O2/c1-18-15(20)11-5-3-9(17)7-13(11)19-10-4-6-14(21-2)12(16)8-10/h3-8,19H,17H2,1-2H3,(H,18,20). The van der Waals surface area contributed by atoms with E-state index in [0.717, 1.165) is 15.9 Å². The molecule has 6 heteroatoms. The number of hydrogen-bond donors (Lipinski definition) is 3. The molecular weight excluding hydrogens is 334 g/mol. The summed E-state index contributed by atoms with van der Waals surface area (Å²) in [7, 11) is 3.20. The molecule has 2 aromatic carbocycles. The van der Waals surface area contributed by atoms with Crippen molar-refractivity contribution in [2.24, 2.45) is 0 Å². The molecule has 1 amide bonds. The van der Waals surface area contributed by atoms with Crippen LogP contribution in [0.2, 0.25) is 0 Å². The van der Waals surface area contributed by atoms with Gasteiger partial charge in [0.05, 0.1) is 22.8 Å². The highest BCUT2D eigenvalue weighted by Crippen LogP contribution is 2.30. The average molecular weight is 350 g/mol. The van der Waals surface area contributed by atoms with Gasteiger partial charge in [-0.2, -0.15) is 0 Å². The van der Waals surface area contributed by atoms with Crippen molar-refractivity contribution in [3.63, 3.8) is 0 Å². The van der Waals surface area contributed by atoms with Gasteiger partial charge in [0.1, 0.15) is 5.75 Å². The number of hydrogen-bond acceptors (Lipinski definition) is 4. The van der Waals surface area contributed by atoms with Crippen molar-refractivity contribution < 1.29 is 9.53 Å². The molecule has 5 nitrogen and oxygen atoms in total. The first-order valence-corrected chi connectivity index (χ1v) is 7.06. The Labute approximate surface area is 131 Å². The molecule has 0 heterocycles. The number of methoxy groups -OCH3 is 1. The lowest BCUT2D eigenvalue weighted by molar-refractivity contribution is 0.0964. The van der Waals surface area contributed by atoms with Gasteiger partial charge in [0.25, 0.3) is 5.91 Å². The first kappa shape index (κ1) is 15.2. The number of nitrogens with two attached hydrogens (primary N) is 1. The molecule has 2 aromatic rings. The molecule has 0 saturated carbocycles. The Hall–Kier alpha value is -2.21. The first-order chi connectivity index (χ1) is 10.0. The molecule has 4 N–H and O–H groups in total. The highest BCUT2D eigenvalue weighted by atomic mass is 79.9. The summed E-state index contributed by atoms with van der Waals surface area (Å²) in [6.07, 6.45) is 0. The van der Waals surface area contributed by atoms with E-state index in [1.54, 1.807) is 32.4 Å². The summed E-state index contributed by atoms with van der Waals surface area (Å²) in [6.45, 7) is 0. The second-order valence-electron chi connectivity index (χ2n) is 4.36. The Kier molecular flexibility index (Phi) is 4.70. The van der Waals surface area contributed by atoms with Crippen LogP contribution in [-0.2, 0) is 0 Å². The summed E-state index contributed by atoms with van der Waals surface area (Å²) in [5, 5.41) is 5.80. The lowest BCUT2D eigenvalue weighted by atomic mass is 10.1. The molecule has 0 radical (unpaired) electrons. The quantitative estimate of drug-likeness (QED) is 0.741. The maximum Gasteiger partial charge on any atom is 0.253 e. The van der Waals surface area contributed by atoms with E-state index in [1.807, 2.05) is 18.2 Å². The monoisotopic (exact) mass is 349 g/mol. The van der Waals surface area contributed by atoms with Crippen molar-refractivity contribution >= 4 is 38.9 Å². The van der Waals surface area contributed by atoms with Crippen LogP contribution in [0.3, 0.4) is 0 Å². The first-order valence-electron chi connectivity index (χ1n) is 6.27. The molecule has 0 bridgehead atoms. The highest BCUT2D eigenvalue weighted by molar-refractivity contribution is 9.10. The van der Waals surface area contributed by atoms with Crippen molar-refractivity contribution in [3.8, 4) is 5.75 Å². The highest BCUT2D eigenvalue weighted by Gasteiger charge is 2.11. The third kappa shape index (κ3) is 3.46. The van der Waals surface area contributed by atoms with Gasteiger partial charge in [0.2, 0.25) is 0 Å². The summed E-state index contributed by atoms with van der Waals surface area (Å²) in [4.78, 5) is 11.9. The molecule has 0 fully saturated rings. The number of amides is 1. The fourth-order valence-electron chi connectivity index (χ4n) is 1.90. The molecule has 2 rings (SSSR count). The predicted octanol–water partition coefficient (Wildman–Crippen LogP) is 3.14. The number of nitrogens with one attached hydrogen (secondary N) is 2. The van der Waals surface area contributed by atoms with E-state index in [0.29, 0.717) is 16.9 Å². The van der Waals surface area contributed by atoms with Crippen molar-refractivity contribution in [1.82, 2.24) is 5.32 Å². The number of carbonyl (C=O) groups is 1. The number of carbonyl (C=O) groups excluding carboxylic acids is 1. The van der Waals surface area contributed by atoms with E-state index in [-0.39, 0.29) is 5.91 Å². The number of anilines is 3. The Morgan fingerprint density at radius 2 is 2.00 bits per heavy atom. The molecule has 0 atom stereocenters. The minimum atomic E-state index is -0.176. The molecule has 0 aliphatic heterocycles. The zero-order chi connectivity index (χ0) is 15.4.